The quantitative estimate of drug-likeness (QED) is 0.639. The highest BCUT2D eigenvalue weighted by molar-refractivity contribution is 5.96. The van der Waals surface area contributed by atoms with Gasteiger partial charge in [-0.05, 0) is 42.8 Å². The van der Waals surface area contributed by atoms with E-state index in [0.717, 1.165) is 5.56 Å². The number of hydrogen-bond donors (Lipinski definition) is 1. The van der Waals surface area contributed by atoms with Crippen LogP contribution in [0.25, 0.3) is 6.08 Å². The van der Waals surface area contributed by atoms with Gasteiger partial charge < -0.3 is 14.8 Å². The van der Waals surface area contributed by atoms with Gasteiger partial charge in [0, 0.05) is 17.8 Å². The minimum atomic E-state index is -0.959. The van der Waals surface area contributed by atoms with Crippen LogP contribution in [0.1, 0.15) is 18.1 Å². The molecule has 26 heavy (non-hydrogen) atoms. The zero-order chi connectivity index (χ0) is 18.9. The number of carbonyl (C=O) groups excluding carboxylic acids is 2. The van der Waals surface area contributed by atoms with Crippen molar-refractivity contribution in [2.24, 2.45) is 0 Å². The van der Waals surface area contributed by atoms with Gasteiger partial charge >= 0.3 is 5.97 Å². The summed E-state index contributed by atoms with van der Waals surface area (Å²) in [5.74, 6) is -0.473. The molecular formula is C20H18N2O4. The minimum Gasteiger partial charge on any atom is -0.497 e. The summed E-state index contributed by atoms with van der Waals surface area (Å²) in [4.78, 5) is 24.0. The number of nitrogens with zero attached hydrogens (tertiary/aromatic N) is 1. The number of nitrogens with one attached hydrogen (secondary N) is 1. The zero-order valence-corrected chi connectivity index (χ0v) is 14.4. The van der Waals surface area contributed by atoms with E-state index < -0.39 is 18.0 Å². The normalized spacial score (nSPS) is 11.4. The van der Waals surface area contributed by atoms with Gasteiger partial charge in [-0.2, -0.15) is 5.26 Å². The number of ether oxygens (including phenoxy) is 2. The third-order valence-electron chi connectivity index (χ3n) is 3.45. The van der Waals surface area contributed by atoms with E-state index in [-0.39, 0.29) is 0 Å². The molecule has 2 aromatic carbocycles. The molecule has 0 unspecified atom stereocenters. The van der Waals surface area contributed by atoms with Crippen molar-refractivity contribution in [3.05, 3.63) is 65.7 Å². The Bertz CT molecular complexity index is 851. The number of nitriles is 1. The molecule has 6 nitrogen and oxygen atoms in total. The number of carbonyl (C=O) groups is 2. The van der Waals surface area contributed by atoms with E-state index in [1.807, 2.05) is 6.07 Å². The maximum absolute atomic E-state index is 12.1. The molecule has 0 aliphatic rings. The first-order chi connectivity index (χ1) is 12.5. The van der Waals surface area contributed by atoms with E-state index in [1.54, 1.807) is 54.6 Å². The molecule has 0 aliphatic heterocycles. The topological polar surface area (TPSA) is 88.4 Å². The maximum atomic E-state index is 12.1. The molecule has 0 radical (unpaired) electrons. The lowest BCUT2D eigenvalue weighted by molar-refractivity contribution is -0.148. The average Bonchev–Trinajstić information content (AvgIpc) is 2.66. The summed E-state index contributed by atoms with van der Waals surface area (Å²) in [6.07, 6.45) is 1.83. The molecule has 132 valence electrons. The summed E-state index contributed by atoms with van der Waals surface area (Å²) in [6, 6.07) is 15.6. The lowest BCUT2D eigenvalue weighted by atomic mass is 10.1. The molecule has 2 aromatic rings. The van der Waals surface area contributed by atoms with Crippen LogP contribution in [-0.4, -0.2) is 25.1 Å². The molecule has 0 aromatic heterocycles. The highest BCUT2D eigenvalue weighted by Crippen LogP contribution is 2.17. The Morgan fingerprint density at radius 2 is 1.92 bits per heavy atom. The van der Waals surface area contributed by atoms with Crippen molar-refractivity contribution in [3.63, 3.8) is 0 Å². The van der Waals surface area contributed by atoms with Crippen molar-refractivity contribution in [1.82, 2.24) is 0 Å². The second-order valence-electron chi connectivity index (χ2n) is 5.37. The predicted molar refractivity (Wildman–Crippen MR) is 97.4 cm³/mol. The molecular weight excluding hydrogens is 332 g/mol. The molecule has 1 amide bonds. The minimum absolute atomic E-state index is 0.446. The van der Waals surface area contributed by atoms with Gasteiger partial charge in [-0.25, -0.2) is 4.79 Å². The van der Waals surface area contributed by atoms with Crippen LogP contribution in [-0.2, 0) is 14.3 Å². The van der Waals surface area contributed by atoms with Crippen LogP contribution in [0.4, 0.5) is 5.69 Å². The van der Waals surface area contributed by atoms with Gasteiger partial charge in [-0.15, -0.1) is 0 Å². The summed E-state index contributed by atoms with van der Waals surface area (Å²) in [5.41, 5.74) is 1.83. The molecule has 1 N–H and O–H groups in total. The highest BCUT2D eigenvalue weighted by Gasteiger charge is 2.16. The molecule has 0 saturated heterocycles. The van der Waals surface area contributed by atoms with Crippen molar-refractivity contribution in [1.29, 1.82) is 5.26 Å². The first-order valence-corrected chi connectivity index (χ1v) is 7.85. The van der Waals surface area contributed by atoms with E-state index in [4.69, 9.17) is 14.7 Å². The van der Waals surface area contributed by atoms with Gasteiger partial charge in [-0.1, -0.05) is 18.2 Å². The van der Waals surface area contributed by atoms with Gasteiger partial charge in [0.25, 0.3) is 5.91 Å². The summed E-state index contributed by atoms with van der Waals surface area (Å²) < 4.78 is 10.2. The lowest BCUT2D eigenvalue weighted by Gasteiger charge is -2.12. The van der Waals surface area contributed by atoms with Crippen LogP contribution in [0.15, 0.2) is 54.6 Å². The molecule has 0 saturated carbocycles. The Hall–Kier alpha value is -3.59. The summed E-state index contributed by atoms with van der Waals surface area (Å²) in [5, 5.41) is 11.4. The van der Waals surface area contributed by atoms with Crippen LogP contribution >= 0.6 is 0 Å². The molecule has 0 spiro atoms. The highest BCUT2D eigenvalue weighted by atomic mass is 16.5. The molecule has 6 heteroatoms. The molecule has 0 heterocycles. The largest absolute Gasteiger partial charge is 0.497 e. The zero-order valence-electron chi connectivity index (χ0n) is 14.4. The molecule has 1 atom stereocenters. The Labute approximate surface area is 151 Å². The van der Waals surface area contributed by atoms with Gasteiger partial charge in [0.05, 0.1) is 18.7 Å². The average molecular weight is 350 g/mol. The number of hydrogen-bond acceptors (Lipinski definition) is 5. The monoisotopic (exact) mass is 350 g/mol. The Morgan fingerprint density at radius 1 is 1.19 bits per heavy atom. The van der Waals surface area contributed by atoms with E-state index in [0.29, 0.717) is 17.0 Å². The molecule has 0 fully saturated rings. The van der Waals surface area contributed by atoms with Gasteiger partial charge in [0.1, 0.15) is 5.75 Å². The summed E-state index contributed by atoms with van der Waals surface area (Å²) in [7, 11) is 1.53. The fourth-order valence-corrected chi connectivity index (χ4v) is 2.04. The van der Waals surface area contributed by atoms with E-state index in [9.17, 15) is 9.59 Å². The van der Waals surface area contributed by atoms with Crippen LogP contribution in [0.2, 0.25) is 0 Å². The van der Waals surface area contributed by atoms with Crippen LogP contribution in [0.5, 0.6) is 5.75 Å². The molecule has 2 rings (SSSR count). The Morgan fingerprint density at radius 3 is 2.58 bits per heavy atom. The fourth-order valence-electron chi connectivity index (χ4n) is 2.04. The SMILES string of the molecule is COc1cccc(NC(=O)[C@H](C)OC(=O)/C=C/c2ccc(C#N)cc2)c1. The predicted octanol–water partition coefficient (Wildman–Crippen LogP) is 3.15. The van der Waals surface area contributed by atoms with Crippen molar-refractivity contribution in [3.8, 4) is 11.8 Å². The number of methoxy groups -OCH3 is 1. The van der Waals surface area contributed by atoms with Gasteiger partial charge in [0.2, 0.25) is 0 Å². The Kier molecular flexibility index (Phi) is 6.52. The number of anilines is 1. The second kappa shape index (κ2) is 9.04. The van der Waals surface area contributed by atoms with Crippen LogP contribution < -0.4 is 10.1 Å². The van der Waals surface area contributed by atoms with Crippen molar-refractivity contribution in [2.75, 3.05) is 12.4 Å². The standard InChI is InChI=1S/C20H18N2O4/c1-14(20(24)22-17-4-3-5-18(12-17)25-2)26-19(23)11-10-15-6-8-16(13-21)9-7-15/h3-12,14H,1-2H3,(H,22,24)/b11-10+/t14-/m0/s1. The first kappa shape index (κ1) is 18.7. The van der Waals surface area contributed by atoms with Crippen LogP contribution in [0, 0.1) is 11.3 Å². The van der Waals surface area contributed by atoms with Gasteiger partial charge in [-0.3, -0.25) is 4.79 Å². The van der Waals surface area contributed by atoms with Crippen molar-refractivity contribution < 1.29 is 19.1 Å². The molecule has 0 bridgehead atoms. The second-order valence-corrected chi connectivity index (χ2v) is 5.37. The van der Waals surface area contributed by atoms with Crippen molar-refractivity contribution >= 4 is 23.6 Å². The summed E-state index contributed by atoms with van der Waals surface area (Å²) in [6.45, 7) is 1.49. The Balaban J connectivity index is 1.89. The number of esters is 1. The van der Waals surface area contributed by atoms with Crippen molar-refractivity contribution in [2.45, 2.75) is 13.0 Å². The number of benzene rings is 2. The first-order valence-electron chi connectivity index (χ1n) is 7.85. The fraction of sp³-hybridized carbons (Fsp3) is 0.150. The number of amides is 1. The maximum Gasteiger partial charge on any atom is 0.331 e. The smallest absolute Gasteiger partial charge is 0.331 e. The van der Waals surface area contributed by atoms with E-state index in [2.05, 4.69) is 5.32 Å². The van der Waals surface area contributed by atoms with E-state index in [1.165, 1.54) is 20.1 Å². The third kappa shape index (κ3) is 5.49. The summed E-state index contributed by atoms with van der Waals surface area (Å²) >= 11 is 0. The lowest BCUT2D eigenvalue weighted by Crippen LogP contribution is -2.29. The number of rotatable bonds is 6. The van der Waals surface area contributed by atoms with E-state index >= 15 is 0 Å². The third-order valence-corrected chi connectivity index (χ3v) is 3.45. The van der Waals surface area contributed by atoms with Crippen LogP contribution in [0.3, 0.4) is 0 Å². The van der Waals surface area contributed by atoms with Gasteiger partial charge in [0.15, 0.2) is 6.10 Å². The molecule has 0 aliphatic carbocycles.